The molecule has 1 fully saturated rings. The Morgan fingerprint density at radius 2 is 2.26 bits per heavy atom. The van der Waals surface area contributed by atoms with Crippen molar-refractivity contribution in [3.05, 3.63) is 0 Å². The Morgan fingerprint density at radius 3 is 2.79 bits per heavy atom. The second kappa shape index (κ2) is 7.59. The van der Waals surface area contributed by atoms with E-state index in [0.29, 0.717) is 25.9 Å². The van der Waals surface area contributed by atoms with E-state index in [0.717, 1.165) is 5.75 Å². The van der Waals surface area contributed by atoms with Crippen molar-refractivity contribution in [1.82, 2.24) is 10.2 Å². The molecule has 1 saturated heterocycles. The maximum atomic E-state index is 12.4. The maximum absolute atomic E-state index is 12.4. The molecule has 0 saturated carbocycles. The Labute approximate surface area is 118 Å². The summed E-state index contributed by atoms with van der Waals surface area (Å²) >= 11 is 1.62. The number of amides is 3. The van der Waals surface area contributed by atoms with Crippen molar-refractivity contribution in [3.8, 4) is 0 Å². The van der Waals surface area contributed by atoms with Gasteiger partial charge in [0.05, 0.1) is 6.10 Å². The minimum absolute atomic E-state index is 0.0625. The number of piperidine rings is 1. The fraction of sp³-hybridized carbons (Fsp3) is 0.833. The molecule has 1 aliphatic rings. The molecule has 1 heterocycles. The monoisotopic (exact) mass is 289 g/mol. The fourth-order valence-electron chi connectivity index (χ4n) is 2.22. The normalized spacial score (nSPS) is 24.9. The van der Waals surface area contributed by atoms with Crippen molar-refractivity contribution in [2.45, 2.75) is 31.9 Å². The minimum atomic E-state index is -0.676. The number of nitrogens with one attached hydrogen (secondary N) is 1. The van der Waals surface area contributed by atoms with Gasteiger partial charge in [-0.25, -0.2) is 4.79 Å². The number of thioether (sulfide) groups is 1. The van der Waals surface area contributed by atoms with E-state index >= 15 is 0 Å². The summed E-state index contributed by atoms with van der Waals surface area (Å²) in [5.74, 6) is 0.738. The summed E-state index contributed by atoms with van der Waals surface area (Å²) in [5.41, 5.74) is 5.11. The largest absolute Gasteiger partial charge is 0.393 e. The van der Waals surface area contributed by atoms with Crippen LogP contribution in [0.2, 0.25) is 0 Å². The van der Waals surface area contributed by atoms with Crippen LogP contribution in [0.5, 0.6) is 0 Å². The van der Waals surface area contributed by atoms with E-state index < -0.39 is 12.1 Å². The Morgan fingerprint density at radius 1 is 1.58 bits per heavy atom. The number of rotatable bonds is 5. The molecule has 0 aliphatic carbocycles. The smallest absolute Gasteiger partial charge is 0.312 e. The number of aliphatic hydroxyl groups is 1. The summed E-state index contributed by atoms with van der Waals surface area (Å²) in [6, 6.07) is -1.24. The summed E-state index contributed by atoms with van der Waals surface area (Å²) in [6.45, 7) is 2.97. The van der Waals surface area contributed by atoms with Crippen LogP contribution in [0, 0.1) is 5.92 Å². The van der Waals surface area contributed by atoms with Crippen LogP contribution >= 0.6 is 11.8 Å². The van der Waals surface area contributed by atoms with Crippen LogP contribution in [0.1, 0.15) is 19.8 Å². The third-order valence-electron chi connectivity index (χ3n) is 3.40. The maximum Gasteiger partial charge on any atom is 0.312 e. The van der Waals surface area contributed by atoms with E-state index in [4.69, 9.17) is 5.73 Å². The minimum Gasteiger partial charge on any atom is -0.393 e. The van der Waals surface area contributed by atoms with Crippen LogP contribution in [0.3, 0.4) is 0 Å². The molecule has 4 N–H and O–H groups in total. The van der Waals surface area contributed by atoms with Gasteiger partial charge in [0, 0.05) is 13.1 Å². The highest BCUT2D eigenvalue weighted by atomic mass is 32.2. The Bertz CT molecular complexity index is 327. The van der Waals surface area contributed by atoms with Gasteiger partial charge in [0.2, 0.25) is 5.91 Å². The molecule has 6 nitrogen and oxygen atoms in total. The zero-order chi connectivity index (χ0) is 14.4. The van der Waals surface area contributed by atoms with Crippen LogP contribution in [0.25, 0.3) is 0 Å². The lowest BCUT2D eigenvalue weighted by atomic mass is 9.96. The third kappa shape index (κ3) is 4.91. The molecule has 1 rings (SSSR count). The van der Waals surface area contributed by atoms with Gasteiger partial charge in [-0.05, 0) is 30.8 Å². The molecule has 0 spiro atoms. The molecule has 3 unspecified atom stereocenters. The summed E-state index contributed by atoms with van der Waals surface area (Å²) in [7, 11) is 0. The lowest BCUT2D eigenvalue weighted by molar-refractivity contribution is -0.136. The van der Waals surface area contributed by atoms with E-state index in [1.807, 2.05) is 13.2 Å². The van der Waals surface area contributed by atoms with E-state index in [2.05, 4.69) is 5.32 Å². The number of nitrogens with zero attached hydrogens (tertiary/aromatic N) is 1. The van der Waals surface area contributed by atoms with Crippen molar-refractivity contribution in [3.63, 3.8) is 0 Å². The summed E-state index contributed by atoms with van der Waals surface area (Å²) in [4.78, 5) is 25.0. The van der Waals surface area contributed by atoms with E-state index in [9.17, 15) is 14.7 Å². The zero-order valence-corrected chi connectivity index (χ0v) is 12.3. The number of nitrogens with two attached hydrogens (primary N) is 1. The topological polar surface area (TPSA) is 95.7 Å². The molecule has 3 atom stereocenters. The number of primary amides is 1. The van der Waals surface area contributed by atoms with Crippen molar-refractivity contribution >= 4 is 23.7 Å². The highest BCUT2D eigenvalue weighted by Crippen LogP contribution is 2.18. The van der Waals surface area contributed by atoms with Crippen molar-refractivity contribution in [2.24, 2.45) is 11.7 Å². The molecule has 3 amide bonds. The standard InChI is InChI=1S/C12H23N3O3S/c1-8-7-15(5-3-10(8)16)11(17)9(4-6-19-2)14-12(13)18/h8-10,16H,3-7H2,1-2H3,(H3,13,14,18). The number of aliphatic hydroxyl groups excluding tert-OH is 1. The second-order valence-electron chi connectivity index (χ2n) is 4.96. The van der Waals surface area contributed by atoms with Crippen LogP contribution < -0.4 is 11.1 Å². The van der Waals surface area contributed by atoms with Gasteiger partial charge in [-0.3, -0.25) is 4.79 Å². The lowest BCUT2D eigenvalue weighted by Crippen LogP contribution is -2.54. The molecule has 0 radical (unpaired) electrons. The Balaban J connectivity index is 2.61. The molecule has 110 valence electrons. The highest BCUT2D eigenvalue weighted by molar-refractivity contribution is 7.98. The van der Waals surface area contributed by atoms with Gasteiger partial charge < -0.3 is 21.1 Å². The predicted octanol–water partition coefficient (Wildman–Crippen LogP) is 0.00570. The van der Waals surface area contributed by atoms with E-state index in [-0.39, 0.29) is 17.9 Å². The van der Waals surface area contributed by atoms with Gasteiger partial charge in [-0.2, -0.15) is 11.8 Å². The molecule has 0 aromatic heterocycles. The van der Waals surface area contributed by atoms with Gasteiger partial charge in [-0.1, -0.05) is 6.92 Å². The van der Waals surface area contributed by atoms with Gasteiger partial charge in [0.25, 0.3) is 0 Å². The molecule has 1 aliphatic heterocycles. The van der Waals surface area contributed by atoms with Crippen LogP contribution in [0.15, 0.2) is 0 Å². The number of hydrogen-bond acceptors (Lipinski definition) is 4. The van der Waals surface area contributed by atoms with Crippen molar-refractivity contribution < 1.29 is 14.7 Å². The Kier molecular flexibility index (Phi) is 6.44. The van der Waals surface area contributed by atoms with Crippen molar-refractivity contribution in [1.29, 1.82) is 0 Å². The summed E-state index contributed by atoms with van der Waals surface area (Å²) < 4.78 is 0. The van der Waals surface area contributed by atoms with Gasteiger partial charge in [0.15, 0.2) is 0 Å². The predicted molar refractivity (Wildman–Crippen MR) is 75.9 cm³/mol. The SMILES string of the molecule is CSCCC(NC(N)=O)C(=O)N1CCC(O)C(C)C1. The fourth-order valence-corrected chi connectivity index (χ4v) is 2.69. The molecule has 0 aromatic carbocycles. The third-order valence-corrected chi connectivity index (χ3v) is 4.04. The van der Waals surface area contributed by atoms with E-state index in [1.165, 1.54) is 0 Å². The summed E-state index contributed by atoms with van der Waals surface area (Å²) in [6.07, 6.45) is 2.75. The van der Waals surface area contributed by atoms with Gasteiger partial charge >= 0.3 is 6.03 Å². The van der Waals surface area contributed by atoms with Crippen LogP contribution in [0.4, 0.5) is 4.79 Å². The summed E-state index contributed by atoms with van der Waals surface area (Å²) in [5, 5.41) is 12.2. The van der Waals surface area contributed by atoms with E-state index in [1.54, 1.807) is 16.7 Å². The van der Waals surface area contributed by atoms with Crippen molar-refractivity contribution in [2.75, 3.05) is 25.1 Å². The number of carbonyl (C=O) groups is 2. The van der Waals surface area contributed by atoms with Crippen LogP contribution in [-0.2, 0) is 4.79 Å². The molecular weight excluding hydrogens is 266 g/mol. The molecule has 19 heavy (non-hydrogen) atoms. The average Bonchev–Trinajstić information content (AvgIpc) is 2.36. The first-order valence-corrected chi connectivity index (χ1v) is 7.86. The highest BCUT2D eigenvalue weighted by Gasteiger charge is 2.31. The Hall–Kier alpha value is -0.950. The molecule has 0 bridgehead atoms. The average molecular weight is 289 g/mol. The quantitative estimate of drug-likeness (QED) is 0.664. The van der Waals surface area contributed by atoms with Gasteiger partial charge in [0.1, 0.15) is 6.04 Å². The van der Waals surface area contributed by atoms with Crippen LogP contribution in [-0.4, -0.2) is 59.2 Å². The zero-order valence-electron chi connectivity index (χ0n) is 11.5. The number of hydrogen-bond donors (Lipinski definition) is 3. The first-order chi connectivity index (χ1) is 8.95. The van der Waals surface area contributed by atoms with Gasteiger partial charge in [-0.15, -0.1) is 0 Å². The number of urea groups is 1. The molecule has 0 aromatic rings. The first kappa shape index (κ1) is 16.1. The molecular formula is C12H23N3O3S. The number of likely N-dealkylation sites (tertiary alicyclic amines) is 1. The lowest BCUT2D eigenvalue weighted by Gasteiger charge is -2.36. The first-order valence-electron chi connectivity index (χ1n) is 6.47. The molecule has 7 heteroatoms. The second-order valence-corrected chi connectivity index (χ2v) is 5.95. The number of carbonyl (C=O) groups excluding carboxylic acids is 2.